The average Bonchev–Trinajstić information content (AvgIpc) is 3.37. The number of hydrogen-bond acceptors (Lipinski definition) is 5. The van der Waals surface area contributed by atoms with Crippen LogP contribution in [-0.4, -0.2) is 43.9 Å². The molecular formula is C24H22F3N5O2. The van der Waals surface area contributed by atoms with E-state index in [-0.39, 0.29) is 28.7 Å². The molecule has 1 aliphatic rings. The van der Waals surface area contributed by atoms with E-state index in [1.54, 1.807) is 0 Å². The molecule has 2 atom stereocenters. The molecule has 0 aliphatic carbocycles. The highest BCUT2D eigenvalue weighted by molar-refractivity contribution is 5.61. The van der Waals surface area contributed by atoms with Crippen molar-refractivity contribution in [2.75, 3.05) is 13.1 Å². The monoisotopic (exact) mass is 469 g/mol. The molecule has 1 aliphatic heterocycles. The Balaban J connectivity index is 1.43. The summed E-state index contributed by atoms with van der Waals surface area (Å²) in [5.41, 5.74) is 1.70. The molecule has 0 saturated carbocycles. The molecule has 3 heterocycles. The standard InChI is InChI=1S/C24H22F3N5O2/c1-15-12-31(13-16-5-3-2-4-6-16)14-19(15)21-29-23(33)20-11-28-22(32(20)30-21)17-7-9-18(10-8-17)34-24(25,26)27/h2-11,15,19H,12-14H2,1H3,(H,29,30,33). The van der Waals surface area contributed by atoms with E-state index in [2.05, 4.69) is 43.8 Å². The van der Waals surface area contributed by atoms with Crippen molar-refractivity contribution in [2.24, 2.45) is 5.92 Å². The van der Waals surface area contributed by atoms with Gasteiger partial charge in [-0.05, 0) is 35.7 Å². The van der Waals surface area contributed by atoms with Crippen LogP contribution in [0.25, 0.3) is 16.9 Å². The maximum Gasteiger partial charge on any atom is 0.573 e. The molecule has 4 aromatic rings. The third-order valence-corrected chi connectivity index (χ3v) is 6.05. The molecule has 10 heteroatoms. The predicted molar refractivity (Wildman–Crippen MR) is 119 cm³/mol. The van der Waals surface area contributed by atoms with E-state index in [0.29, 0.717) is 17.2 Å². The van der Waals surface area contributed by atoms with Gasteiger partial charge in [-0.15, -0.1) is 13.2 Å². The van der Waals surface area contributed by atoms with E-state index in [4.69, 9.17) is 0 Å². The molecule has 34 heavy (non-hydrogen) atoms. The van der Waals surface area contributed by atoms with Crippen LogP contribution in [0.5, 0.6) is 5.75 Å². The number of rotatable bonds is 5. The van der Waals surface area contributed by atoms with Crippen molar-refractivity contribution in [3.63, 3.8) is 0 Å². The Labute approximate surface area is 192 Å². The van der Waals surface area contributed by atoms with Gasteiger partial charge in [0.2, 0.25) is 0 Å². The molecular weight excluding hydrogens is 447 g/mol. The highest BCUT2D eigenvalue weighted by atomic mass is 19.4. The van der Waals surface area contributed by atoms with Gasteiger partial charge >= 0.3 is 6.36 Å². The fourth-order valence-electron chi connectivity index (χ4n) is 4.48. The van der Waals surface area contributed by atoms with Gasteiger partial charge in [-0.25, -0.2) is 9.50 Å². The maximum atomic E-state index is 12.8. The number of halogens is 3. The number of benzene rings is 2. The van der Waals surface area contributed by atoms with Crippen molar-refractivity contribution in [2.45, 2.75) is 25.7 Å². The van der Waals surface area contributed by atoms with Crippen molar-refractivity contribution in [3.05, 3.63) is 82.5 Å². The second kappa shape index (κ2) is 8.60. The molecule has 1 saturated heterocycles. The molecule has 1 fully saturated rings. The van der Waals surface area contributed by atoms with Crippen molar-refractivity contribution < 1.29 is 17.9 Å². The summed E-state index contributed by atoms with van der Waals surface area (Å²) in [4.78, 5) is 22.3. The highest BCUT2D eigenvalue weighted by Gasteiger charge is 2.33. The van der Waals surface area contributed by atoms with Crippen LogP contribution in [0.3, 0.4) is 0 Å². The van der Waals surface area contributed by atoms with E-state index < -0.39 is 6.36 Å². The van der Waals surface area contributed by atoms with E-state index in [0.717, 1.165) is 19.6 Å². The van der Waals surface area contributed by atoms with Gasteiger partial charge in [-0.3, -0.25) is 9.69 Å². The van der Waals surface area contributed by atoms with Gasteiger partial charge in [0.25, 0.3) is 5.56 Å². The van der Waals surface area contributed by atoms with Crippen molar-refractivity contribution >= 4 is 5.52 Å². The van der Waals surface area contributed by atoms with Crippen LogP contribution < -0.4 is 10.3 Å². The molecule has 1 N–H and O–H groups in total. The highest BCUT2D eigenvalue weighted by Crippen LogP contribution is 2.31. The topological polar surface area (TPSA) is 75.5 Å². The number of likely N-dealkylation sites (tertiary alicyclic amines) is 1. The van der Waals surface area contributed by atoms with Crippen LogP contribution in [0.1, 0.15) is 24.2 Å². The lowest BCUT2D eigenvalue weighted by Crippen LogP contribution is -2.23. The number of alkyl halides is 3. The van der Waals surface area contributed by atoms with Gasteiger partial charge in [0.05, 0.1) is 6.20 Å². The van der Waals surface area contributed by atoms with E-state index in [9.17, 15) is 18.0 Å². The Kier molecular flexibility index (Phi) is 5.60. The first-order chi connectivity index (χ1) is 16.3. The van der Waals surface area contributed by atoms with Crippen molar-refractivity contribution in [3.8, 4) is 17.1 Å². The van der Waals surface area contributed by atoms with Crippen LogP contribution in [0, 0.1) is 5.92 Å². The molecule has 0 spiro atoms. The zero-order valence-corrected chi connectivity index (χ0v) is 18.3. The van der Waals surface area contributed by atoms with E-state index >= 15 is 0 Å². The first-order valence-electron chi connectivity index (χ1n) is 10.9. The molecule has 7 nitrogen and oxygen atoms in total. The molecule has 0 amide bonds. The largest absolute Gasteiger partial charge is 0.573 e. The number of hydrogen-bond donors (Lipinski definition) is 1. The second-order valence-corrected chi connectivity index (χ2v) is 8.55. The number of nitrogens with zero attached hydrogens (tertiary/aromatic N) is 4. The quantitative estimate of drug-likeness (QED) is 0.474. The summed E-state index contributed by atoms with van der Waals surface area (Å²) < 4.78 is 42.7. The van der Waals surface area contributed by atoms with Gasteiger partial charge in [-0.2, -0.15) is 5.10 Å². The summed E-state index contributed by atoms with van der Waals surface area (Å²) >= 11 is 0. The van der Waals surface area contributed by atoms with Crippen LogP contribution in [0.2, 0.25) is 0 Å². The zero-order chi connectivity index (χ0) is 23.9. The molecule has 5 rings (SSSR count). The minimum Gasteiger partial charge on any atom is -0.406 e. The molecule has 2 aromatic heterocycles. The lowest BCUT2D eigenvalue weighted by molar-refractivity contribution is -0.274. The van der Waals surface area contributed by atoms with E-state index in [1.165, 1.54) is 40.5 Å². The van der Waals surface area contributed by atoms with Crippen LogP contribution in [0.4, 0.5) is 13.2 Å². The fraction of sp³-hybridized carbons (Fsp3) is 0.292. The van der Waals surface area contributed by atoms with Crippen molar-refractivity contribution in [1.82, 2.24) is 24.5 Å². The van der Waals surface area contributed by atoms with Gasteiger partial charge in [0, 0.05) is 31.1 Å². The summed E-state index contributed by atoms with van der Waals surface area (Å²) in [7, 11) is 0. The Morgan fingerprint density at radius 1 is 1.09 bits per heavy atom. The molecule has 0 bridgehead atoms. The Morgan fingerprint density at radius 3 is 2.53 bits per heavy atom. The van der Waals surface area contributed by atoms with Crippen molar-refractivity contribution in [1.29, 1.82) is 0 Å². The first-order valence-corrected chi connectivity index (χ1v) is 10.9. The maximum absolute atomic E-state index is 12.8. The second-order valence-electron chi connectivity index (χ2n) is 8.55. The Bertz CT molecular complexity index is 1350. The summed E-state index contributed by atoms with van der Waals surface area (Å²) in [6.45, 7) is 4.57. The molecule has 2 unspecified atom stereocenters. The molecule has 2 aromatic carbocycles. The first kappa shape index (κ1) is 22.1. The zero-order valence-electron chi connectivity index (χ0n) is 18.3. The number of aromatic amines is 1. The third-order valence-electron chi connectivity index (χ3n) is 6.05. The van der Waals surface area contributed by atoms with E-state index in [1.807, 2.05) is 18.2 Å². The minimum atomic E-state index is -4.77. The summed E-state index contributed by atoms with van der Waals surface area (Å²) in [5.74, 6) is 0.903. The Morgan fingerprint density at radius 2 is 1.82 bits per heavy atom. The number of aromatic nitrogens is 4. The van der Waals surface area contributed by atoms with Crippen LogP contribution >= 0.6 is 0 Å². The van der Waals surface area contributed by atoms with Gasteiger partial charge in [0.1, 0.15) is 11.6 Å². The van der Waals surface area contributed by atoms with Crippen LogP contribution in [0.15, 0.2) is 65.6 Å². The lowest BCUT2D eigenvalue weighted by atomic mass is 9.97. The number of H-pyrrole nitrogens is 1. The third kappa shape index (κ3) is 4.54. The predicted octanol–water partition coefficient (Wildman–Crippen LogP) is 4.22. The lowest BCUT2D eigenvalue weighted by Gasteiger charge is -2.16. The van der Waals surface area contributed by atoms with Gasteiger partial charge in [-0.1, -0.05) is 37.3 Å². The smallest absolute Gasteiger partial charge is 0.406 e. The molecule has 176 valence electrons. The Hall–Kier alpha value is -3.66. The summed E-state index contributed by atoms with van der Waals surface area (Å²) in [6, 6.07) is 15.5. The van der Waals surface area contributed by atoms with Gasteiger partial charge in [0.15, 0.2) is 11.3 Å². The number of imidazole rings is 1. The minimum absolute atomic E-state index is 0.0265. The van der Waals surface area contributed by atoms with Gasteiger partial charge < -0.3 is 9.72 Å². The normalized spacial score (nSPS) is 19.1. The fourth-order valence-corrected chi connectivity index (χ4v) is 4.48. The summed E-state index contributed by atoms with van der Waals surface area (Å²) in [5, 5.41) is 4.69. The SMILES string of the molecule is CC1CN(Cc2ccccc2)CC1c1nn2c(-c3ccc(OC(F)(F)F)cc3)ncc2c(=O)[nH]1. The number of fused-ring (bicyclic) bond motifs is 1. The number of nitrogens with one attached hydrogen (secondary N) is 1. The van der Waals surface area contributed by atoms with Crippen LogP contribution in [-0.2, 0) is 6.54 Å². The summed E-state index contributed by atoms with van der Waals surface area (Å²) in [6.07, 6.45) is -3.36. The average molecular weight is 469 g/mol. The molecule has 0 radical (unpaired) electrons. The number of ether oxygens (including phenoxy) is 1.